The topological polar surface area (TPSA) is 129 Å². The summed E-state index contributed by atoms with van der Waals surface area (Å²) in [5, 5.41) is 14.5. The lowest BCUT2D eigenvalue weighted by atomic mass is 9.91. The molecular weight excluding hydrogens is 453 g/mol. The number of hydrogen-bond donors (Lipinski definition) is 4. The molecule has 5 rings (SSSR count). The summed E-state index contributed by atoms with van der Waals surface area (Å²) in [7, 11) is 0. The number of nitrogens with zero attached hydrogens (tertiary/aromatic N) is 2. The van der Waals surface area contributed by atoms with E-state index < -0.39 is 6.09 Å². The molecule has 9 nitrogen and oxygen atoms in total. The van der Waals surface area contributed by atoms with Crippen LogP contribution in [0.2, 0.25) is 0 Å². The molecule has 2 fully saturated rings. The van der Waals surface area contributed by atoms with E-state index in [4.69, 9.17) is 9.84 Å². The van der Waals surface area contributed by atoms with E-state index in [9.17, 15) is 14.0 Å². The second kappa shape index (κ2) is 9.52. The SMILES string of the molecule is Cc1[nH]c2c(-c3ccc(F)cc3OCC3CC3)ncnc2c1C(=O)NC1CCC(NC(=O)O)CC1. The molecule has 2 saturated carbocycles. The first kappa shape index (κ1) is 23.1. The van der Waals surface area contributed by atoms with Crippen LogP contribution < -0.4 is 15.4 Å². The molecule has 0 bridgehead atoms. The zero-order valence-corrected chi connectivity index (χ0v) is 19.4. The number of rotatable bonds is 7. The fourth-order valence-electron chi connectivity index (χ4n) is 4.72. The van der Waals surface area contributed by atoms with Gasteiger partial charge in [-0.15, -0.1) is 0 Å². The summed E-state index contributed by atoms with van der Waals surface area (Å²) in [4.78, 5) is 36.2. The number of carbonyl (C=O) groups is 2. The van der Waals surface area contributed by atoms with E-state index in [2.05, 4.69) is 25.6 Å². The third-order valence-corrected chi connectivity index (χ3v) is 6.76. The van der Waals surface area contributed by atoms with Crippen molar-refractivity contribution in [2.24, 2.45) is 5.92 Å². The Morgan fingerprint density at radius 1 is 1.11 bits per heavy atom. The van der Waals surface area contributed by atoms with Crippen molar-refractivity contribution >= 4 is 23.0 Å². The highest BCUT2D eigenvalue weighted by Crippen LogP contribution is 2.36. The normalized spacial score (nSPS) is 19.9. The van der Waals surface area contributed by atoms with Gasteiger partial charge in [0.25, 0.3) is 5.91 Å². The summed E-state index contributed by atoms with van der Waals surface area (Å²) in [6, 6.07) is 4.24. The number of aromatic nitrogens is 3. The van der Waals surface area contributed by atoms with Gasteiger partial charge in [-0.3, -0.25) is 4.79 Å². The molecule has 0 radical (unpaired) electrons. The minimum Gasteiger partial charge on any atom is -0.492 e. The minimum atomic E-state index is -1.02. The van der Waals surface area contributed by atoms with Crippen molar-refractivity contribution in [1.82, 2.24) is 25.6 Å². The van der Waals surface area contributed by atoms with Crippen LogP contribution in [0.4, 0.5) is 9.18 Å². The fraction of sp³-hybridized carbons (Fsp3) is 0.440. The molecule has 0 aliphatic heterocycles. The Balaban J connectivity index is 1.39. The van der Waals surface area contributed by atoms with Gasteiger partial charge in [-0.1, -0.05) is 0 Å². The number of carbonyl (C=O) groups excluding carboxylic acids is 1. The standard InChI is InChI=1S/C25H28FN5O4/c1-13-20(24(32)30-16-5-7-17(8-6-16)31-25(33)34)22-23(29-13)21(27-12-28-22)18-9-4-15(26)10-19(18)35-11-14-2-3-14/h4,9-10,12,14,16-17,29,31H,2-3,5-8,11H2,1H3,(H,30,32)(H,33,34). The highest BCUT2D eigenvalue weighted by atomic mass is 19.1. The first-order chi connectivity index (χ1) is 16.9. The van der Waals surface area contributed by atoms with Crippen molar-refractivity contribution in [2.45, 2.75) is 57.5 Å². The number of ether oxygens (including phenoxy) is 1. The monoisotopic (exact) mass is 481 g/mol. The largest absolute Gasteiger partial charge is 0.492 e. The first-order valence-electron chi connectivity index (χ1n) is 12.0. The Kier molecular flexibility index (Phi) is 6.27. The van der Waals surface area contributed by atoms with E-state index in [-0.39, 0.29) is 23.8 Å². The van der Waals surface area contributed by atoms with Crippen LogP contribution in [0.1, 0.15) is 54.6 Å². The summed E-state index contributed by atoms with van der Waals surface area (Å²) >= 11 is 0. The van der Waals surface area contributed by atoms with Crippen molar-refractivity contribution in [2.75, 3.05) is 6.61 Å². The number of amides is 2. The van der Waals surface area contributed by atoms with E-state index in [1.54, 1.807) is 6.07 Å². The third kappa shape index (κ3) is 5.06. The maximum Gasteiger partial charge on any atom is 0.404 e. The van der Waals surface area contributed by atoms with E-state index in [1.807, 2.05) is 6.92 Å². The van der Waals surface area contributed by atoms with Gasteiger partial charge in [0.15, 0.2) is 0 Å². The van der Waals surface area contributed by atoms with Gasteiger partial charge in [-0.05, 0) is 63.5 Å². The van der Waals surface area contributed by atoms with Crippen molar-refractivity contribution in [1.29, 1.82) is 0 Å². The van der Waals surface area contributed by atoms with Crippen LogP contribution in [0.25, 0.3) is 22.3 Å². The van der Waals surface area contributed by atoms with Crippen molar-refractivity contribution in [3.05, 3.63) is 41.6 Å². The summed E-state index contributed by atoms with van der Waals surface area (Å²) in [6.45, 7) is 2.34. The third-order valence-electron chi connectivity index (χ3n) is 6.76. The molecule has 3 aromatic rings. The number of hydrogen-bond acceptors (Lipinski definition) is 5. The number of benzene rings is 1. The number of aromatic amines is 1. The van der Waals surface area contributed by atoms with E-state index in [0.717, 1.165) is 12.8 Å². The van der Waals surface area contributed by atoms with Gasteiger partial charge in [-0.2, -0.15) is 0 Å². The lowest BCUT2D eigenvalue weighted by Gasteiger charge is -2.28. The van der Waals surface area contributed by atoms with Crippen LogP contribution in [0.15, 0.2) is 24.5 Å². The average Bonchev–Trinajstić information content (AvgIpc) is 3.58. The van der Waals surface area contributed by atoms with Crippen LogP contribution in [0.5, 0.6) is 5.75 Å². The number of aryl methyl sites for hydroxylation is 1. The number of halogens is 1. The van der Waals surface area contributed by atoms with Crippen LogP contribution in [0, 0.1) is 18.7 Å². The van der Waals surface area contributed by atoms with Crippen LogP contribution in [0.3, 0.4) is 0 Å². The molecule has 184 valence electrons. The summed E-state index contributed by atoms with van der Waals surface area (Å²) < 4.78 is 19.9. The zero-order valence-electron chi connectivity index (χ0n) is 19.4. The molecule has 0 saturated heterocycles. The average molecular weight is 482 g/mol. The van der Waals surface area contributed by atoms with Gasteiger partial charge in [0, 0.05) is 29.4 Å². The summed E-state index contributed by atoms with van der Waals surface area (Å²) in [5.41, 5.74) is 3.36. The molecule has 2 heterocycles. The second-order valence-corrected chi connectivity index (χ2v) is 9.44. The number of carboxylic acid groups (broad SMARTS) is 1. The predicted octanol–water partition coefficient (Wildman–Crippen LogP) is 4.17. The molecule has 2 aromatic heterocycles. The smallest absolute Gasteiger partial charge is 0.404 e. The van der Waals surface area contributed by atoms with Crippen molar-refractivity contribution in [3.63, 3.8) is 0 Å². The summed E-state index contributed by atoms with van der Waals surface area (Å²) in [5.74, 6) is 0.301. The highest BCUT2D eigenvalue weighted by molar-refractivity contribution is 6.09. The maximum absolute atomic E-state index is 14.0. The predicted molar refractivity (Wildman–Crippen MR) is 127 cm³/mol. The molecule has 0 spiro atoms. The van der Waals surface area contributed by atoms with Gasteiger partial charge < -0.3 is 25.5 Å². The van der Waals surface area contributed by atoms with Crippen LogP contribution in [-0.2, 0) is 0 Å². The maximum atomic E-state index is 14.0. The fourth-order valence-corrected chi connectivity index (χ4v) is 4.72. The first-order valence-corrected chi connectivity index (χ1v) is 12.0. The van der Waals surface area contributed by atoms with Crippen LogP contribution >= 0.6 is 0 Å². The lowest BCUT2D eigenvalue weighted by Crippen LogP contribution is -2.43. The Bertz CT molecular complexity index is 1260. The van der Waals surface area contributed by atoms with Crippen LogP contribution in [-0.4, -0.2) is 50.7 Å². The number of nitrogens with one attached hydrogen (secondary N) is 3. The molecule has 2 aliphatic rings. The van der Waals surface area contributed by atoms with Crippen molar-refractivity contribution in [3.8, 4) is 17.0 Å². The van der Waals surface area contributed by atoms with Gasteiger partial charge in [-0.25, -0.2) is 19.2 Å². The quantitative estimate of drug-likeness (QED) is 0.401. The van der Waals surface area contributed by atoms with E-state index in [1.165, 1.54) is 18.5 Å². The molecule has 35 heavy (non-hydrogen) atoms. The lowest BCUT2D eigenvalue weighted by molar-refractivity contribution is 0.0924. The molecule has 2 aliphatic carbocycles. The van der Waals surface area contributed by atoms with Gasteiger partial charge >= 0.3 is 6.09 Å². The Hall–Kier alpha value is -3.69. The Labute approximate surface area is 201 Å². The number of fused-ring (bicyclic) bond motifs is 1. The zero-order chi connectivity index (χ0) is 24.5. The second-order valence-electron chi connectivity index (χ2n) is 9.44. The van der Waals surface area contributed by atoms with Gasteiger partial charge in [0.2, 0.25) is 0 Å². The van der Waals surface area contributed by atoms with E-state index in [0.29, 0.717) is 77.5 Å². The van der Waals surface area contributed by atoms with Gasteiger partial charge in [0.05, 0.1) is 17.7 Å². The molecule has 0 atom stereocenters. The molecule has 0 unspecified atom stereocenters. The van der Waals surface area contributed by atoms with Crippen molar-refractivity contribution < 1.29 is 23.8 Å². The molecule has 2 amide bonds. The molecule has 1 aromatic carbocycles. The molecule has 10 heteroatoms. The Morgan fingerprint density at radius 3 is 2.51 bits per heavy atom. The number of H-pyrrole nitrogens is 1. The van der Waals surface area contributed by atoms with Gasteiger partial charge in [0.1, 0.15) is 29.1 Å². The summed E-state index contributed by atoms with van der Waals surface area (Å²) in [6.07, 6.45) is 5.34. The minimum absolute atomic E-state index is 0.0421. The molecular formula is C25H28FN5O4. The highest BCUT2D eigenvalue weighted by Gasteiger charge is 2.27. The Morgan fingerprint density at radius 2 is 1.83 bits per heavy atom. The van der Waals surface area contributed by atoms with E-state index >= 15 is 0 Å². The molecule has 4 N–H and O–H groups in total.